The number of allylic oxidation sites excluding steroid dienone is 1. The van der Waals surface area contributed by atoms with Crippen LogP contribution in [-0.2, 0) is 4.79 Å². The third-order valence-corrected chi connectivity index (χ3v) is 2.09. The van der Waals surface area contributed by atoms with Crippen LogP contribution in [0.25, 0.3) is 0 Å². The Kier molecular flexibility index (Phi) is 9.06. The van der Waals surface area contributed by atoms with Gasteiger partial charge in [-0.25, -0.2) is 4.79 Å². The minimum atomic E-state index is -1.05. The van der Waals surface area contributed by atoms with Crippen LogP contribution in [0.2, 0.25) is 0 Å². The summed E-state index contributed by atoms with van der Waals surface area (Å²) >= 11 is 0. The number of hydrogen-bond donors (Lipinski definition) is 3. The van der Waals surface area contributed by atoms with Crippen LogP contribution in [0, 0.1) is 0 Å². The third-order valence-electron chi connectivity index (χ3n) is 2.09. The molecule has 0 saturated carbocycles. The Balaban J connectivity index is 3.12. The monoisotopic (exact) mass is 229 g/mol. The molecule has 1 amide bonds. The number of aliphatic carboxylic acids is 1. The number of carboxylic acid groups (broad SMARTS) is 2. The molecule has 0 aliphatic heterocycles. The van der Waals surface area contributed by atoms with Gasteiger partial charge in [0.25, 0.3) is 0 Å². The van der Waals surface area contributed by atoms with E-state index in [1.807, 2.05) is 0 Å². The van der Waals surface area contributed by atoms with Gasteiger partial charge in [-0.3, -0.25) is 10.1 Å². The van der Waals surface area contributed by atoms with Crippen LogP contribution >= 0.6 is 0 Å². The van der Waals surface area contributed by atoms with Crippen molar-refractivity contribution in [1.82, 2.24) is 5.32 Å². The molecule has 3 N–H and O–H groups in total. The Labute approximate surface area is 95.2 Å². The van der Waals surface area contributed by atoms with Crippen molar-refractivity contribution in [1.29, 1.82) is 0 Å². The molecule has 0 fully saturated rings. The van der Waals surface area contributed by atoms with E-state index in [1.165, 1.54) is 6.20 Å². The SMILES string of the molecule is O=C(O)CCCCCCCC=CNC(=O)O. The Hall–Kier alpha value is -1.52. The van der Waals surface area contributed by atoms with Gasteiger partial charge in [-0.1, -0.05) is 25.3 Å². The zero-order chi connectivity index (χ0) is 12.2. The van der Waals surface area contributed by atoms with Crippen molar-refractivity contribution in [3.63, 3.8) is 0 Å². The average Bonchev–Trinajstić information content (AvgIpc) is 2.20. The van der Waals surface area contributed by atoms with Crippen molar-refractivity contribution in [3.05, 3.63) is 12.3 Å². The van der Waals surface area contributed by atoms with Gasteiger partial charge in [-0.2, -0.15) is 0 Å². The zero-order valence-corrected chi connectivity index (χ0v) is 9.32. The highest BCUT2D eigenvalue weighted by atomic mass is 16.4. The molecular weight excluding hydrogens is 210 g/mol. The predicted molar refractivity (Wildman–Crippen MR) is 60.3 cm³/mol. The Morgan fingerprint density at radius 1 is 1.00 bits per heavy atom. The number of carboxylic acids is 1. The minimum Gasteiger partial charge on any atom is -0.481 e. The lowest BCUT2D eigenvalue weighted by Crippen LogP contribution is -2.12. The summed E-state index contributed by atoms with van der Waals surface area (Å²) in [4.78, 5) is 20.2. The number of hydrogen-bond acceptors (Lipinski definition) is 2. The Morgan fingerprint density at radius 2 is 1.62 bits per heavy atom. The van der Waals surface area contributed by atoms with Crippen LogP contribution in [0.4, 0.5) is 4.79 Å². The quantitative estimate of drug-likeness (QED) is 0.530. The van der Waals surface area contributed by atoms with Crippen molar-refractivity contribution < 1.29 is 19.8 Å². The molecule has 5 heteroatoms. The molecule has 92 valence electrons. The number of carbonyl (C=O) groups is 2. The van der Waals surface area contributed by atoms with Gasteiger partial charge in [0.1, 0.15) is 0 Å². The van der Waals surface area contributed by atoms with Gasteiger partial charge in [0.15, 0.2) is 0 Å². The summed E-state index contributed by atoms with van der Waals surface area (Å²) in [7, 11) is 0. The first-order valence-corrected chi connectivity index (χ1v) is 5.49. The first-order valence-electron chi connectivity index (χ1n) is 5.49. The van der Waals surface area contributed by atoms with Crippen LogP contribution in [0.15, 0.2) is 12.3 Å². The van der Waals surface area contributed by atoms with Gasteiger partial charge in [0, 0.05) is 12.6 Å². The second-order valence-corrected chi connectivity index (χ2v) is 3.55. The third kappa shape index (κ3) is 12.5. The number of nitrogens with one attached hydrogen (secondary N) is 1. The Bertz CT molecular complexity index is 238. The summed E-state index contributed by atoms with van der Waals surface area (Å²) in [5, 5.41) is 18.8. The maximum Gasteiger partial charge on any atom is 0.408 e. The molecule has 0 rings (SSSR count). The van der Waals surface area contributed by atoms with Crippen molar-refractivity contribution in [2.24, 2.45) is 0 Å². The second-order valence-electron chi connectivity index (χ2n) is 3.55. The van der Waals surface area contributed by atoms with E-state index < -0.39 is 12.1 Å². The van der Waals surface area contributed by atoms with Crippen molar-refractivity contribution in [2.45, 2.75) is 44.9 Å². The Morgan fingerprint density at radius 3 is 2.25 bits per heavy atom. The molecule has 5 nitrogen and oxygen atoms in total. The van der Waals surface area contributed by atoms with E-state index in [0.717, 1.165) is 38.5 Å². The van der Waals surface area contributed by atoms with Crippen LogP contribution < -0.4 is 5.32 Å². The molecular formula is C11H19NO4. The number of unbranched alkanes of at least 4 members (excludes halogenated alkanes) is 5. The van der Waals surface area contributed by atoms with Gasteiger partial charge in [0.05, 0.1) is 0 Å². The molecule has 0 heterocycles. The predicted octanol–water partition coefficient (Wildman–Crippen LogP) is 2.58. The second kappa shape index (κ2) is 10.0. The van der Waals surface area contributed by atoms with E-state index in [1.54, 1.807) is 6.08 Å². The lowest BCUT2D eigenvalue weighted by molar-refractivity contribution is -0.137. The zero-order valence-electron chi connectivity index (χ0n) is 9.32. The van der Waals surface area contributed by atoms with E-state index in [9.17, 15) is 9.59 Å². The average molecular weight is 229 g/mol. The fourth-order valence-electron chi connectivity index (χ4n) is 1.28. The normalized spacial score (nSPS) is 10.5. The highest BCUT2D eigenvalue weighted by Gasteiger charge is 1.95. The molecule has 16 heavy (non-hydrogen) atoms. The fourth-order valence-corrected chi connectivity index (χ4v) is 1.28. The summed E-state index contributed by atoms with van der Waals surface area (Å²) in [6.45, 7) is 0. The lowest BCUT2D eigenvalue weighted by atomic mass is 10.1. The molecule has 0 aliphatic carbocycles. The lowest BCUT2D eigenvalue weighted by Gasteiger charge is -1.98. The van der Waals surface area contributed by atoms with Gasteiger partial charge < -0.3 is 10.2 Å². The van der Waals surface area contributed by atoms with Gasteiger partial charge in [-0.15, -0.1) is 0 Å². The van der Waals surface area contributed by atoms with Crippen molar-refractivity contribution in [2.75, 3.05) is 0 Å². The smallest absolute Gasteiger partial charge is 0.408 e. The van der Waals surface area contributed by atoms with Crippen molar-refractivity contribution in [3.8, 4) is 0 Å². The molecule has 0 spiro atoms. The summed E-state index contributed by atoms with van der Waals surface area (Å²) in [6.07, 6.45) is 8.04. The van der Waals surface area contributed by atoms with Gasteiger partial charge >= 0.3 is 12.1 Å². The molecule has 0 atom stereocenters. The van der Waals surface area contributed by atoms with E-state index in [-0.39, 0.29) is 6.42 Å². The van der Waals surface area contributed by atoms with Gasteiger partial charge in [-0.05, 0) is 19.3 Å². The van der Waals surface area contributed by atoms with Crippen LogP contribution in [0.3, 0.4) is 0 Å². The fraction of sp³-hybridized carbons (Fsp3) is 0.636. The standard InChI is InChI=1S/C11H19NO4/c13-10(14)8-6-4-2-1-3-5-7-9-12-11(15)16/h7,9,12H,1-6,8H2,(H,13,14)(H,15,16). The van der Waals surface area contributed by atoms with E-state index in [0.29, 0.717) is 0 Å². The number of rotatable bonds is 9. The minimum absolute atomic E-state index is 0.252. The van der Waals surface area contributed by atoms with Crippen molar-refractivity contribution >= 4 is 12.1 Å². The molecule has 0 unspecified atom stereocenters. The molecule has 0 bridgehead atoms. The molecule has 0 aliphatic rings. The van der Waals surface area contributed by atoms with E-state index in [4.69, 9.17) is 10.2 Å². The van der Waals surface area contributed by atoms with Crippen LogP contribution in [0.5, 0.6) is 0 Å². The maximum atomic E-state index is 10.2. The maximum absolute atomic E-state index is 10.2. The van der Waals surface area contributed by atoms with E-state index >= 15 is 0 Å². The summed E-state index contributed by atoms with van der Waals surface area (Å²) < 4.78 is 0. The first kappa shape index (κ1) is 14.5. The highest BCUT2D eigenvalue weighted by Crippen LogP contribution is 2.07. The van der Waals surface area contributed by atoms with E-state index in [2.05, 4.69) is 5.32 Å². The molecule has 0 radical (unpaired) electrons. The molecule has 0 saturated heterocycles. The largest absolute Gasteiger partial charge is 0.481 e. The first-order chi connectivity index (χ1) is 7.63. The summed E-state index contributed by atoms with van der Waals surface area (Å²) in [5.41, 5.74) is 0. The molecule has 0 aromatic heterocycles. The molecule has 0 aromatic rings. The molecule has 0 aromatic carbocycles. The number of amides is 1. The summed E-state index contributed by atoms with van der Waals surface area (Å²) in [6, 6.07) is 0. The summed E-state index contributed by atoms with van der Waals surface area (Å²) in [5.74, 6) is -0.734. The topological polar surface area (TPSA) is 86.6 Å². The van der Waals surface area contributed by atoms with Crippen LogP contribution in [-0.4, -0.2) is 22.3 Å². The highest BCUT2D eigenvalue weighted by molar-refractivity contribution is 5.66. The van der Waals surface area contributed by atoms with Crippen LogP contribution in [0.1, 0.15) is 44.9 Å². The van der Waals surface area contributed by atoms with Gasteiger partial charge in [0.2, 0.25) is 0 Å².